The number of hydrogen-bond donors (Lipinski definition) is 2. The maximum Gasteiger partial charge on any atom is 0.461 e. The summed E-state index contributed by atoms with van der Waals surface area (Å²) in [6, 6.07) is 4.12. The Morgan fingerprint density at radius 3 is 2.42 bits per heavy atom. The van der Waals surface area contributed by atoms with E-state index >= 15 is 0 Å². The molecule has 1 aromatic carbocycles. The van der Waals surface area contributed by atoms with E-state index in [1.807, 2.05) is 13.8 Å². The summed E-state index contributed by atoms with van der Waals surface area (Å²) in [4.78, 5) is 13.5. The summed E-state index contributed by atoms with van der Waals surface area (Å²) in [5.74, 6) is -0.446. The summed E-state index contributed by atoms with van der Waals surface area (Å²) in [5, 5.41) is 5.78. The van der Waals surface area contributed by atoms with Gasteiger partial charge in [-0.05, 0) is 50.3 Å². The summed E-state index contributed by atoms with van der Waals surface area (Å²) < 4.78 is 53.6. The largest absolute Gasteiger partial charge is 0.461 e. The number of ether oxygens (including phenoxy) is 1. The van der Waals surface area contributed by atoms with Gasteiger partial charge in [0.05, 0.1) is 12.1 Å². The molecular formula is C14H15F4N3O2S. The van der Waals surface area contributed by atoms with Gasteiger partial charge in [-0.15, -0.1) is 0 Å². The van der Waals surface area contributed by atoms with Gasteiger partial charge in [-0.1, -0.05) is 0 Å². The highest BCUT2D eigenvalue weighted by molar-refractivity contribution is 7.80. The van der Waals surface area contributed by atoms with Gasteiger partial charge in [-0.2, -0.15) is 17.6 Å². The fraction of sp³-hybridized carbons (Fsp3) is 0.429. The van der Waals surface area contributed by atoms with Gasteiger partial charge >= 0.3 is 18.6 Å². The van der Waals surface area contributed by atoms with Crippen molar-refractivity contribution in [3.05, 3.63) is 24.3 Å². The minimum absolute atomic E-state index is 0.272. The van der Waals surface area contributed by atoms with Crippen LogP contribution in [0.5, 0.6) is 5.75 Å². The summed E-state index contributed by atoms with van der Waals surface area (Å²) in [5.41, 5.74) is -0.0762. The Labute approximate surface area is 141 Å². The molecule has 132 valence electrons. The average molecular weight is 365 g/mol. The Balaban J connectivity index is 1.99. The topological polar surface area (TPSA) is 53.6 Å². The summed E-state index contributed by atoms with van der Waals surface area (Å²) in [6.07, 6.45) is -8.52. The molecule has 10 heteroatoms. The Morgan fingerprint density at radius 1 is 1.38 bits per heavy atom. The van der Waals surface area contributed by atoms with E-state index in [2.05, 4.69) is 15.4 Å². The Bertz CT molecular complexity index is 637. The number of nitrogens with zero attached hydrogens (tertiary/aromatic N) is 1. The van der Waals surface area contributed by atoms with Crippen molar-refractivity contribution in [2.75, 3.05) is 11.9 Å². The lowest BCUT2D eigenvalue weighted by atomic mass is 10.1. The lowest BCUT2D eigenvalue weighted by Crippen LogP contribution is -2.37. The zero-order chi connectivity index (χ0) is 18.1. The van der Waals surface area contributed by atoms with Crippen molar-refractivity contribution in [2.24, 2.45) is 0 Å². The molecular weight excluding hydrogens is 350 g/mol. The lowest BCUT2D eigenvalue weighted by molar-refractivity contribution is -0.253. The average Bonchev–Trinajstić information content (AvgIpc) is 2.74. The van der Waals surface area contributed by atoms with Crippen LogP contribution in [0.4, 0.5) is 28.0 Å². The van der Waals surface area contributed by atoms with Gasteiger partial charge in [0, 0.05) is 5.69 Å². The van der Waals surface area contributed by atoms with Gasteiger partial charge in [-0.25, -0.2) is 4.79 Å². The van der Waals surface area contributed by atoms with Gasteiger partial charge in [0.15, 0.2) is 5.11 Å². The third-order valence-electron chi connectivity index (χ3n) is 3.10. The maximum absolute atomic E-state index is 12.8. The number of anilines is 1. The maximum atomic E-state index is 12.8. The van der Waals surface area contributed by atoms with Crippen LogP contribution in [0.25, 0.3) is 0 Å². The molecule has 0 aliphatic carbocycles. The standard InChI is InChI=1S/C14H15F4N3O2S/c1-13(2)7-21(12(24)20-13)11(22)19-8-3-5-9(6-4-8)23-14(17,18)10(15)16/h3-6,10H,7H2,1-2H3,(H,19,22)(H,20,24). The second-order valence-electron chi connectivity index (χ2n) is 5.82. The highest BCUT2D eigenvalue weighted by Crippen LogP contribution is 2.28. The van der Waals surface area contributed by atoms with Gasteiger partial charge < -0.3 is 15.4 Å². The number of halogens is 4. The quantitative estimate of drug-likeness (QED) is 0.634. The molecule has 0 bridgehead atoms. The van der Waals surface area contributed by atoms with Crippen LogP contribution < -0.4 is 15.4 Å². The Morgan fingerprint density at radius 2 is 1.96 bits per heavy atom. The predicted octanol–water partition coefficient (Wildman–Crippen LogP) is 3.42. The van der Waals surface area contributed by atoms with Crippen LogP contribution in [0.3, 0.4) is 0 Å². The van der Waals surface area contributed by atoms with Crippen molar-refractivity contribution < 1.29 is 27.1 Å². The van der Waals surface area contributed by atoms with Crippen molar-refractivity contribution in [1.82, 2.24) is 10.2 Å². The Kier molecular flexibility index (Phi) is 4.88. The highest BCUT2D eigenvalue weighted by Gasteiger charge is 2.44. The van der Waals surface area contributed by atoms with Crippen molar-refractivity contribution in [2.45, 2.75) is 31.9 Å². The molecule has 0 saturated carbocycles. The zero-order valence-electron chi connectivity index (χ0n) is 12.8. The molecule has 0 atom stereocenters. The molecule has 1 aliphatic rings. The van der Waals surface area contributed by atoms with Gasteiger partial charge in [0.2, 0.25) is 0 Å². The fourth-order valence-electron chi connectivity index (χ4n) is 2.03. The minimum Gasteiger partial charge on any atom is -0.428 e. The molecule has 1 heterocycles. The summed E-state index contributed by atoms with van der Waals surface area (Å²) in [7, 11) is 0. The van der Waals surface area contributed by atoms with E-state index in [1.165, 1.54) is 17.0 Å². The molecule has 0 spiro atoms. The van der Waals surface area contributed by atoms with E-state index in [4.69, 9.17) is 12.2 Å². The van der Waals surface area contributed by atoms with E-state index in [1.54, 1.807) is 0 Å². The smallest absolute Gasteiger partial charge is 0.428 e. The minimum atomic E-state index is -4.58. The van der Waals surface area contributed by atoms with Crippen molar-refractivity contribution in [1.29, 1.82) is 0 Å². The van der Waals surface area contributed by atoms with E-state index in [-0.39, 0.29) is 16.3 Å². The number of carbonyl (C=O) groups is 1. The van der Waals surface area contributed by atoms with E-state index < -0.39 is 24.3 Å². The fourth-order valence-corrected chi connectivity index (χ4v) is 2.45. The molecule has 0 unspecified atom stereocenters. The van der Waals surface area contributed by atoms with Crippen LogP contribution in [0.1, 0.15) is 13.8 Å². The third kappa shape index (κ3) is 4.25. The van der Waals surface area contributed by atoms with E-state index in [0.717, 1.165) is 12.1 Å². The van der Waals surface area contributed by atoms with Crippen LogP contribution in [0.15, 0.2) is 24.3 Å². The molecule has 24 heavy (non-hydrogen) atoms. The normalized spacial score (nSPS) is 17.0. The third-order valence-corrected chi connectivity index (χ3v) is 3.43. The SMILES string of the molecule is CC1(C)CN(C(=O)Nc2ccc(OC(F)(F)C(F)F)cc2)C(=S)N1. The van der Waals surface area contributed by atoms with Gasteiger partial charge in [0.1, 0.15) is 5.75 Å². The number of rotatable bonds is 4. The van der Waals surface area contributed by atoms with Crippen LogP contribution in [-0.4, -0.2) is 40.7 Å². The van der Waals surface area contributed by atoms with Crippen LogP contribution in [-0.2, 0) is 0 Å². The van der Waals surface area contributed by atoms with E-state index in [0.29, 0.717) is 6.54 Å². The first-order valence-electron chi connectivity index (χ1n) is 6.86. The number of thiocarbonyl (C=S) groups is 1. The summed E-state index contributed by atoms with van der Waals surface area (Å²) >= 11 is 5.07. The van der Waals surface area contributed by atoms with Gasteiger partial charge in [0.25, 0.3) is 0 Å². The lowest BCUT2D eigenvalue weighted by Gasteiger charge is -2.18. The number of amides is 2. The first kappa shape index (κ1) is 18.2. The number of alkyl halides is 4. The molecule has 2 rings (SSSR count). The van der Waals surface area contributed by atoms with Crippen LogP contribution in [0, 0.1) is 0 Å². The first-order chi connectivity index (χ1) is 11.0. The molecule has 1 saturated heterocycles. The molecule has 2 N–H and O–H groups in total. The monoisotopic (exact) mass is 365 g/mol. The number of urea groups is 1. The highest BCUT2D eigenvalue weighted by atomic mass is 32.1. The first-order valence-corrected chi connectivity index (χ1v) is 7.27. The molecule has 0 aromatic heterocycles. The number of hydrogen-bond acceptors (Lipinski definition) is 3. The van der Waals surface area contributed by atoms with Crippen molar-refractivity contribution in [3.63, 3.8) is 0 Å². The van der Waals surface area contributed by atoms with E-state index in [9.17, 15) is 22.4 Å². The number of benzene rings is 1. The number of carbonyl (C=O) groups excluding carboxylic acids is 1. The van der Waals surface area contributed by atoms with Crippen molar-refractivity contribution in [3.8, 4) is 5.75 Å². The molecule has 1 aromatic rings. The molecule has 0 radical (unpaired) electrons. The molecule has 2 amide bonds. The second-order valence-corrected chi connectivity index (χ2v) is 6.21. The molecule has 5 nitrogen and oxygen atoms in total. The molecule has 1 aliphatic heterocycles. The summed E-state index contributed by atoms with van der Waals surface area (Å²) in [6.45, 7) is 4.11. The second kappa shape index (κ2) is 6.42. The van der Waals surface area contributed by atoms with Crippen molar-refractivity contribution >= 4 is 29.0 Å². The van der Waals surface area contributed by atoms with Gasteiger partial charge in [-0.3, -0.25) is 4.90 Å². The zero-order valence-corrected chi connectivity index (χ0v) is 13.6. The van der Waals surface area contributed by atoms with Crippen LogP contribution in [0.2, 0.25) is 0 Å². The Hall–Kier alpha value is -2.10. The molecule has 1 fully saturated rings. The van der Waals surface area contributed by atoms with Crippen LogP contribution >= 0.6 is 12.2 Å². The number of nitrogens with one attached hydrogen (secondary N) is 2. The predicted molar refractivity (Wildman–Crippen MR) is 83.6 cm³/mol.